The number of rotatable bonds is 4. The maximum atomic E-state index is 12.4. The lowest BCUT2D eigenvalue weighted by Crippen LogP contribution is -2.43. The van der Waals surface area contributed by atoms with Gasteiger partial charge in [0, 0.05) is 12.7 Å². The first-order valence-corrected chi connectivity index (χ1v) is 6.28. The first kappa shape index (κ1) is 13.5. The standard InChI is InChI=1S/C15H19N3O/c1-11-9-13(18(3)17-11)10-14(19)15(2,16)12-7-5-4-6-8-12/h4-9H,10,16H2,1-3H3. The van der Waals surface area contributed by atoms with E-state index in [1.165, 1.54) is 0 Å². The number of carbonyl (C=O) groups is 1. The van der Waals surface area contributed by atoms with E-state index in [-0.39, 0.29) is 5.78 Å². The first-order valence-electron chi connectivity index (χ1n) is 6.28. The fourth-order valence-corrected chi connectivity index (χ4v) is 2.12. The molecule has 2 N–H and O–H groups in total. The minimum absolute atomic E-state index is 0.0123. The van der Waals surface area contributed by atoms with E-state index in [2.05, 4.69) is 5.10 Å². The molecular weight excluding hydrogens is 238 g/mol. The number of ketones is 1. The summed E-state index contributed by atoms with van der Waals surface area (Å²) in [6.07, 6.45) is 0.291. The molecule has 0 saturated carbocycles. The molecule has 2 aromatic rings. The highest BCUT2D eigenvalue weighted by atomic mass is 16.1. The molecule has 0 amide bonds. The van der Waals surface area contributed by atoms with Gasteiger partial charge in [-0.15, -0.1) is 0 Å². The molecule has 0 fully saturated rings. The fourth-order valence-electron chi connectivity index (χ4n) is 2.12. The van der Waals surface area contributed by atoms with Crippen molar-refractivity contribution in [1.29, 1.82) is 0 Å². The van der Waals surface area contributed by atoms with Gasteiger partial charge in [0.25, 0.3) is 0 Å². The van der Waals surface area contributed by atoms with Crippen molar-refractivity contribution in [3.8, 4) is 0 Å². The average molecular weight is 257 g/mol. The molecule has 0 saturated heterocycles. The van der Waals surface area contributed by atoms with E-state index in [9.17, 15) is 4.79 Å². The smallest absolute Gasteiger partial charge is 0.162 e. The highest BCUT2D eigenvalue weighted by molar-refractivity contribution is 5.90. The average Bonchev–Trinajstić information content (AvgIpc) is 2.69. The summed E-state index contributed by atoms with van der Waals surface area (Å²) in [7, 11) is 1.84. The molecule has 0 aliphatic carbocycles. The largest absolute Gasteiger partial charge is 0.315 e. The van der Waals surface area contributed by atoms with Crippen molar-refractivity contribution < 1.29 is 4.79 Å². The van der Waals surface area contributed by atoms with Crippen LogP contribution in [0.2, 0.25) is 0 Å². The van der Waals surface area contributed by atoms with Gasteiger partial charge in [0.15, 0.2) is 5.78 Å². The van der Waals surface area contributed by atoms with Crippen molar-refractivity contribution >= 4 is 5.78 Å². The Balaban J connectivity index is 2.22. The second kappa shape index (κ2) is 4.97. The van der Waals surface area contributed by atoms with Crippen LogP contribution in [0, 0.1) is 6.92 Å². The predicted octanol–water partition coefficient (Wildman–Crippen LogP) is 1.71. The van der Waals surface area contributed by atoms with Crippen molar-refractivity contribution in [2.75, 3.05) is 0 Å². The van der Waals surface area contributed by atoms with Crippen molar-refractivity contribution in [1.82, 2.24) is 9.78 Å². The molecule has 4 nitrogen and oxygen atoms in total. The SMILES string of the molecule is Cc1cc(CC(=O)C(C)(N)c2ccccc2)n(C)n1. The van der Waals surface area contributed by atoms with Gasteiger partial charge in [-0.3, -0.25) is 9.48 Å². The van der Waals surface area contributed by atoms with E-state index in [0.29, 0.717) is 6.42 Å². The van der Waals surface area contributed by atoms with Gasteiger partial charge in [-0.25, -0.2) is 0 Å². The van der Waals surface area contributed by atoms with Gasteiger partial charge in [-0.1, -0.05) is 30.3 Å². The Labute approximate surface area is 113 Å². The highest BCUT2D eigenvalue weighted by Gasteiger charge is 2.30. The van der Waals surface area contributed by atoms with E-state index >= 15 is 0 Å². The van der Waals surface area contributed by atoms with Gasteiger partial charge in [0.1, 0.15) is 0 Å². The van der Waals surface area contributed by atoms with Gasteiger partial charge in [-0.2, -0.15) is 5.10 Å². The number of nitrogens with two attached hydrogens (primary N) is 1. The molecule has 1 unspecified atom stereocenters. The molecule has 0 bridgehead atoms. The Morgan fingerprint density at radius 2 is 2.00 bits per heavy atom. The summed E-state index contributed by atoms with van der Waals surface area (Å²) in [5, 5.41) is 4.24. The Kier molecular flexibility index (Phi) is 3.53. The fraction of sp³-hybridized carbons (Fsp3) is 0.333. The molecular formula is C15H19N3O. The molecule has 1 heterocycles. The van der Waals surface area contributed by atoms with Crippen molar-refractivity contribution in [2.45, 2.75) is 25.8 Å². The summed E-state index contributed by atoms with van der Waals surface area (Å²) in [4.78, 5) is 12.4. The van der Waals surface area contributed by atoms with Crippen LogP contribution in [0.5, 0.6) is 0 Å². The maximum Gasteiger partial charge on any atom is 0.162 e. The summed E-state index contributed by atoms with van der Waals surface area (Å²) in [6.45, 7) is 3.67. The van der Waals surface area contributed by atoms with Crippen LogP contribution in [0.1, 0.15) is 23.9 Å². The molecule has 0 radical (unpaired) electrons. The van der Waals surface area contributed by atoms with Crippen molar-refractivity contribution in [2.24, 2.45) is 12.8 Å². The Bertz CT molecular complexity index is 585. The minimum atomic E-state index is -0.973. The molecule has 0 spiro atoms. The lowest BCUT2D eigenvalue weighted by molar-refractivity contribution is -0.123. The third kappa shape index (κ3) is 2.74. The van der Waals surface area contributed by atoms with Crippen LogP contribution in [0.3, 0.4) is 0 Å². The predicted molar refractivity (Wildman–Crippen MR) is 74.6 cm³/mol. The Morgan fingerprint density at radius 3 is 2.53 bits per heavy atom. The topological polar surface area (TPSA) is 60.9 Å². The normalized spacial score (nSPS) is 14.1. The number of aryl methyl sites for hydroxylation is 2. The summed E-state index contributed by atoms with van der Waals surface area (Å²) >= 11 is 0. The molecule has 2 rings (SSSR count). The highest BCUT2D eigenvalue weighted by Crippen LogP contribution is 2.20. The maximum absolute atomic E-state index is 12.4. The van der Waals surface area contributed by atoms with Crippen LogP contribution in [0.25, 0.3) is 0 Å². The molecule has 19 heavy (non-hydrogen) atoms. The second-order valence-electron chi connectivity index (χ2n) is 5.07. The van der Waals surface area contributed by atoms with Gasteiger partial charge >= 0.3 is 0 Å². The first-order chi connectivity index (χ1) is 8.91. The summed E-state index contributed by atoms with van der Waals surface area (Å²) in [5.74, 6) is -0.0123. The zero-order chi connectivity index (χ0) is 14.0. The lowest BCUT2D eigenvalue weighted by Gasteiger charge is -2.23. The minimum Gasteiger partial charge on any atom is -0.315 e. The summed E-state index contributed by atoms with van der Waals surface area (Å²) in [5.41, 5.74) is 7.86. The molecule has 0 aliphatic rings. The van der Waals surface area contributed by atoms with Gasteiger partial charge < -0.3 is 5.73 Å². The molecule has 1 aromatic heterocycles. The third-order valence-electron chi connectivity index (χ3n) is 3.39. The quantitative estimate of drug-likeness (QED) is 0.907. The van der Waals surface area contributed by atoms with Crippen LogP contribution in [0.15, 0.2) is 36.4 Å². The lowest BCUT2D eigenvalue weighted by atomic mass is 9.86. The van der Waals surface area contributed by atoms with E-state index < -0.39 is 5.54 Å². The van der Waals surface area contributed by atoms with Crippen molar-refractivity contribution in [3.05, 3.63) is 53.3 Å². The summed E-state index contributed by atoms with van der Waals surface area (Å²) < 4.78 is 1.73. The molecule has 1 aromatic carbocycles. The van der Waals surface area contributed by atoms with Gasteiger partial charge in [0.05, 0.1) is 17.7 Å². The summed E-state index contributed by atoms with van der Waals surface area (Å²) in [6, 6.07) is 11.4. The number of benzene rings is 1. The zero-order valence-electron chi connectivity index (χ0n) is 11.6. The number of hydrogen-bond acceptors (Lipinski definition) is 3. The van der Waals surface area contributed by atoms with E-state index in [0.717, 1.165) is 17.0 Å². The number of nitrogens with zero attached hydrogens (tertiary/aromatic N) is 2. The molecule has 0 aliphatic heterocycles. The number of Topliss-reactive ketones (excluding diaryl/α,β-unsaturated/α-hetero) is 1. The van der Waals surface area contributed by atoms with E-state index in [4.69, 9.17) is 5.73 Å². The van der Waals surface area contributed by atoms with Crippen LogP contribution in [-0.4, -0.2) is 15.6 Å². The van der Waals surface area contributed by atoms with Crippen LogP contribution in [-0.2, 0) is 23.8 Å². The third-order valence-corrected chi connectivity index (χ3v) is 3.39. The number of hydrogen-bond donors (Lipinski definition) is 1. The number of aromatic nitrogens is 2. The number of carbonyl (C=O) groups excluding carboxylic acids is 1. The zero-order valence-corrected chi connectivity index (χ0v) is 11.6. The monoisotopic (exact) mass is 257 g/mol. The Hall–Kier alpha value is -1.94. The van der Waals surface area contributed by atoms with Crippen LogP contribution < -0.4 is 5.73 Å². The Morgan fingerprint density at radius 1 is 1.37 bits per heavy atom. The second-order valence-corrected chi connectivity index (χ2v) is 5.07. The molecule has 100 valence electrons. The van der Waals surface area contributed by atoms with Crippen LogP contribution in [0.4, 0.5) is 0 Å². The van der Waals surface area contributed by atoms with E-state index in [1.54, 1.807) is 11.6 Å². The molecule has 4 heteroatoms. The molecule has 1 atom stereocenters. The van der Waals surface area contributed by atoms with E-state index in [1.807, 2.05) is 50.4 Å². The van der Waals surface area contributed by atoms with Gasteiger partial charge in [-0.05, 0) is 25.5 Å². The van der Waals surface area contributed by atoms with Gasteiger partial charge in [0.2, 0.25) is 0 Å². The van der Waals surface area contributed by atoms with Crippen LogP contribution >= 0.6 is 0 Å². The van der Waals surface area contributed by atoms with Crippen molar-refractivity contribution in [3.63, 3.8) is 0 Å².